The third-order valence-corrected chi connectivity index (χ3v) is 2.85. The zero-order valence-corrected chi connectivity index (χ0v) is 10.3. The summed E-state index contributed by atoms with van der Waals surface area (Å²) in [6, 6.07) is 1.49. The molecule has 1 amide bonds. The molecular weight excluding hydrogens is 232 g/mol. The van der Waals surface area contributed by atoms with E-state index in [1.165, 1.54) is 31.3 Å². The number of rotatable bonds is 7. The lowest BCUT2D eigenvalue weighted by atomic mass is 10.2. The van der Waals surface area contributed by atoms with Crippen LogP contribution < -0.4 is 5.32 Å². The minimum Gasteiger partial charge on any atom is -0.505 e. The first-order chi connectivity index (χ1) is 8.77. The van der Waals surface area contributed by atoms with Crippen LogP contribution in [-0.4, -0.2) is 35.8 Å². The Morgan fingerprint density at radius 3 is 3.11 bits per heavy atom. The van der Waals surface area contributed by atoms with Gasteiger partial charge >= 0.3 is 0 Å². The second-order valence-electron chi connectivity index (χ2n) is 4.52. The normalized spacial score (nSPS) is 14.4. The van der Waals surface area contributed by atoms with E-state index in [2.05, 4.69) is 10.3 Å². The summed E-state index contributed by atoms with van der Waals surface area (Å²) in [5.41, 5.74) is 0.254. The molecule has 0 radical (unpaired) electrons. The quantitative estimate of drug-likeness (QED) is 0.716. The summed E-state index contributed by atoms with van der Waals surface area (Å²) in [6.07, 6.45) is 6.10. The standard InChI is InChI=1S/C13H18N2O3/c16-12-8-14-6-4-11(12)13(17)15-5-1-7-18-9-10-2-3-10/h4,6,8,10,16H,1-3,5,7,9H2,(H,15,17). The lowest BCUT2D eigenvalue weighted by Crippen LogP contribution is -2.25. The molecule has 1 fully saturated rings. The number of nitrogens with zero attached hydrogens (tertiary/aromatic N) is 1. The molecule has 0 saturated heterocycles. The first-order valence-electron chi connectivity index (χ1n) is 6.26. The summed E-state index contributed by atoms with van der Waals surface area (Å²) in [6.45, 7) is 2.06. The van der Waals surface area contributed by atoms with Crippen LogP contribution in [-0.2, 0) is 4.74 Å². The fourth-order valence-corrected chi connectivity index (χ4v) is 1.58. The van der Waals surface area contributed by atoms with Gasteiger partial charge in [-0.3, -0.25) is 9.78 Å². The molecule has 1 aromatic heterocycles. The van der Waals surface area contributed by atoms with E-state index in [9.17, 15) is 9.90 Å². The second kappa shape index (κ2) is 6.35. The monoisotopic (exact) mass is 250 g/mol. The van der Waals surface area contributed by atoms with E-state index in [0.717, 1.165) is 18.9 Å². The van der Waals surface area contributed by atoms with Crippen molar-refractivity contribution in [3.05, 3.63) is 24.0 Å². The van der Waals surface area contributed by atoms with Crippen LogP contribution in [0.25, 0.3) is 0 Å². The van der Waals surface area contributed by atoms with E-state index >= 15 is 0 Å². The van der Waals surface area contributed by atoms with Crippen molar-refractivity contribution in [3.63, 3.8) is 0 Å². The first kappa shape index (κ1) is 12.8. The molecular formula is C13H18N2O3. The molecule has 0 bridgehead atoms. The van der Waals surface area contributed by atoms with Crippen LogP contribution in [0.3, 0.4) is 0 Å². The van der Waals surface area contributed by atoms with Gasteiger partial charge in [-0.25, -0.2) is 0 Å². The topological polar surface area (TPSA) is 71.5 Å². The molecule has 1 saturated carbocycles. The number of hydrogen-bond acceptors (Lipinski definition) is 4. The van der Waals surface area contributed by atoms with Crippen molar-refractivity contribution in [3.8, 4) is 5.75 Å². The number of carbonyl (C=O) groups is 1. The van der Waals surface area contributed by atoms with Crippen LogP contribution in [0.4, 0.5) is 0 Å². The zero-order valence-electron chi connectivity index (χ0n) is 10.3. The van der Waals surface area contributed by atoms with Crippen LogP contribution in [0.15, 0.2) is 18.5 Å². The van der Waals surface area contributed by atoms with Crippen molar-refractivity contribution in [1.29, 1.82) is 0 Å². The Morgan fingerprint density at radius 2 is 2.39 bits per heavy atom. The van der Waals surface area contributed by atoms with E-state index in [4.69, 9.17) is 4.74 Å². The number of hydrogen-bond donors (Lipinski definition) is 2. The highest BCUT2D eigenvalue weighted by atomic mass is 16.5. The van der Waals surface area contributed by atoms with E-state index in [1.54, 1.807) is 0 Å². The maximum absolute atomic E-state index is 11.7. The summed E-state index contributed by atoms with van der Waals surface area (Å²) in [5.74, 6) is 0.394. The average molecular weight is 250 g/mol. The van der Waals surface area contributed by atoms with Gasteiger partial charge in [0.2, 0.25) is 0 Å². The Labute approximate surface area is 106 Å². The number of aromatic hydroxyl groups is 1. The predicted octanol–water partition coefficient (Wildman–Crippen LogP) is 1.33. The minimum atomic E-state index is -0.280. The number of amides is 1. The second-order valence-corrected chi connectivity index (χ2v) is 4.52. The van der Waals surface area contributed by atoms with E-state index in [1.807, 2.05) is 0 Å². The smallest absolute Gasteiger partial charge is 0.255 e. The van der Waals surface area contributed by atoms with Gasteiger partial charge in [-0.05, 0) is 31.2 Å². The Balaban J connectivity index is 1.60. The fourth-order valence-electron chi connectivity index (χ4n) is 1.58. The van der Waals surface area contributed by atoms with Crippen LogP contribution in [0.1, 0.15) is 29.6 Å². The molecule has 1 heterocycles. The predicted molar refractivity (Wildman–Crippen MR) is 66.4 cm³/mol. The molecule has 1 aromatic rings. The maximum Gasteiger partial charge on any atom is 0.255 e. The van der Waals surface area contributed by atoms with Gasteiger partial charge in [0, 0.05) is 26.0 Å². The lowest BCUT2D eigenvalue weighted by Gasteiger charge is -2.06. The van der Waals surface area contributed by atoms with Gasteiger partial charge in [-0.15, -0.1) is 0 Å². The SMILES string of the molecule is O=C(NCCCOCC1CC1)c1ccncc1O. The third-order valence-electron chi connectivity index (χ3n) is 2.85. The van der Waals surface area contributed by atoms with Crippen LogP contribution >= 0.6 is 0 Å². The first-order valence-corrected chi connectivity index (χ1v) is 6.26. The summed E-state index contributed by atoms with van der Waals surface area (Å²) < 4.78 is 5.46. The summed E-state index contributed by atoms with van der Waals surface area (Å²) in [4.78, 5) is 15.4. The van der Waals surface area contributed by atoms with Crippen molar-refractivity contribution in [2.75, 3.05) is 19.8 Å². The molecule has 98 valence electrons. The lowest BCUT2D eigenvalue weighted by molar-refractivity contribution is 0.0934. The molecule has 5 heteroatoms. The number of carbonyl (C=O) groups excluding carboxylic acids is 1. The van der Waals surface area contributed by atoms with Crippen molar-refractivity contribution in [1.82, 2.24) is 10.3 Å². The van der Waals surface area contributed by atoms with E-state index < -0.39 is 0 Å². The van der Waals surface area contributed by atoms with Gasteiger partial charge < -0.3 is 15.2 Å². The van der Waals surface area contributed by atoms with Crippen molar-refractivity contribution in [2.45, 2.75) is 19.3 Å². The molecule has 2 N–H and O–H groups in total. The summed E-state index contributed by atoms with van der Waals surface area (Å²) in [5, 5.41) is 12.2. The molecule has 0 aliphatic heterocycles. The van der Waals surface area contributed by atoms with Gasteiger partial charge in [-0.1, -0.05) is 0 Å². The number of pyridine rings is 1. The Hall–Kier alpha value is -1.62. The van der Waals surface area contributed by atoms with E-state index in [0.29, 0.717) is 13.2 Å². The molecule has 1 aliphatic carbocycles. The summed E-state index contributed by atoms with van der Waals surface area (Å²) >= 11 is 0. The van der Waals surface area contributed by atoms with Gasteiger partial charge in [-0.2, -0.15) is 0 Å². The number of aromatic nitrogens is 1. The molecule has 0 spiro atoms. The molecule has 18 heavy (non-hydrogen) atoms. The largest absolute Gasteiger partial charge is 0.505 e. The number of nitrogens with one attached hydrogen (secondary N) is 1. The fraction of sp³-hybridized carbons (Fsp3) is 0.538. The highest BCUT2D eigenvalue weighted by Crippen LogP contribution is 2.28. The van der Waals surface area contributed by atoms with Crippen molar-refractivity contribution < 1.29 is 14.6 Å². The van der Waals surface area contributed by atoms with Gasteiger partial charge in [0.15, 0.2) is 0 Å². The van der Waals surface area contributed by atoms with Gasteiger partial charge in [0.25, 0.3) is 5.91 Å². The van der Waals surface area contributed by atoms with Gasteiger partial charge in [0.05, 0.1) is 11.8 Å². The molecule has 0 atom stereocenters. The Morgan fingerprint density at radius 1 is 1.56 bits per heavy atom. The van der Waals surface area contributed by atoms with Crippen LogP contribution in [0, 0.1) is 5.92 Å². The highest BCUT2D eigenvalue weighted by Gasteiger charge is 2.20. The minimum absolute atomic E-state index is 0.0972. The van der Waals surface area contributed by atoms with Crippen molar-refractivity contribution in [2.24, 2.45) is 5.92 Å². The summed E-state index contributed by atoms with van der Waals surface area (Å²) in [7, 11) is 0. The number of ether oxygens (including phenoxy) is 1. The molecule has 0 unspecified atom stereocenters. The van der Waals surface area contributed by atoms with Crippen molar-refractivity contribution >= 4 is 5.91 Å². The zero-order chi connectivity index (χ0) is 12.8. The van der Waals surface area contributed by atoms with E-state index in [-0.39, 0.29) is 17.2 Å². The molecule has 2 rings (SSSR count). The van der Waals surface area contributed by atoms with Crippen LogP contribution in [0.5, 0.6) is 5.75 Å². The molecule has 5 nitrogen and oxygen atoms in total. The maximum atomic E-state index is 11.7. The third kappa shape index (κ3) is 4.00. The average Bonchev–Trinajstić information content (AvgIpc) is 3.18. The molecule has 1 aliphatic rings. The molecule has 0 aromatic carbocycles. The Kier molecular flexibility index (Phi) is 4.52. The Bertz CT molecular complexity index is 405. The van der Waals surface area contributed by atoms with Gasteiger partial charge in [0.1, 0.15) is 5.75 Å². The van der Waals surface area contributed by atoms with Crippen LogP contribution in [0.2, 0.25) is 0 Å². The highest BCUT2D eigenvalue weighted by molar-refractivity contribution is 5.96.